The molecule has 1 amide bonds. The first-order valence-electron chi connectivity index (χ1n) is 12.2. The zero-order valence-corrected chi connectivity index (χ0v) is 22.8. The largest absolute Gasteiger partial charge is 0.494 e. The second kappa shape index (κ2) is 11.7. The number of hydrogen-bond donors (Lipinski definition) is 1. The van der Waals surface area contributed by atoms with Crippen LogP contribution in [0.3, 0.4) is 0 Å². The molecular weight excluding hydrogens is 472 g/mol. The minimum atomic E-state index is -3.95. The monoisotopic (exact) mass is 508 g/mol. The molecule has 0 aliphatic heterocycles. The number of carbonyl (C=O) groups excluding carboxylic acids is 1. The van der Waals surface area contributed by atoms with Gasteiger partial charge in [0.05, 0.1) is 24.1 Å². The number of nitrogens with one attached hydrogen (secondary N) is 1. The summed E-state index contributed by atoms with van der Waals surface area (Å²) in [5.74, 6) is 0.281. The topological polar surface area (TPSA) is 75.7 Å². The van der Waals surface area contributed by atoms with Crippen molar-refractivity contribution < 1.29 is 17.9 Å². The lowest BCUT2D eigenvalue weighted by molar-refractivity contribution is -0.122. The second-order valence-corrected chi connectivity index (χ2v) is 11.1. The van der Waals surface area contributed by atoms with Crippen LogP contribution in [-0.2, 0) is 21.4 Å². The van der Waals surface area contributed by atoms with Gasteiger partial charge < -0.3 is 10.1 Å². The Kier molecular flexibility index (Phi) is 8.93. The van der Waals surface area contributed by atoms with Crippen LogP contribution in [0.25, 0.3) is 0 Å². The smallest absolute Gasteiger partial charge is 0.243 e. The van der Waals surface area contributed by atoms with E-state index in [0.717, 1.165) is 27.8 Å². The molecule has 0 spiro atoms. The molecule has 0 bridgehead atoms. The van der Waals surface area contributed by atoms with E-state index >= 15 is 0 Å². The standard InChI is InChI=1S/C29H36N2O4S/c1-7-35-28-14-13-26(16-23(28)5)36(33,34)31(18-25-11-9-8-10-12-25)19-29(32)30-24(6)27-17-21(3)20(2)15-22(27)4/h8-17,24H,7,18-19H2,1-6H3,(H,30,32)/t24-/m0/s1. The van der Waals surface area contributed by atoms with Gasteiger partial charge in [-0.25, -0.2) is 8.42 Å². The Morgan fingerprint density at radius 2 is 1.58 bits per heavy atom. The molecule has 36 heavy (non-hydrogen) atoms. The van der Waals surface area contributed by atoms with Crippen LogP contribution in [0.15, 0.2) is 65.6 Å². The van der Waals surface area contributed by atoms with Gasteiger partial charge in [-0.15, -0.1) is 0 Å². The fourth-order valence-corrected chi connectivity index (χ4v) is 5.71. The van der Waals surface area contributed by atoms with Crippen LogP contribution in [0.5, 0.6) is 5.75 Å². The molecule has 192 valence electrons. The van der Waals surface area contributed by atoms with Gasteiger partial charge in [0.2, 0.25) is 15.9 Å². The van der Waals surface area contributed by atoms with Gasteiger partial charge in [0.25, 0.3) is 0 Å². The Hall–Kier alpha value is -3.16. The van der Waals surface area contributed by atoms with Crippen molar-refractivity contribution in [3.63, 3.8) is 0 Å². The number of aryl methyl sites for hydroxylation is 4. The lowest BCUT2D eigenvalue weighted by Crippen LogP contribution is -2.41. The third kappa shape index (κ3) is 6.53. The van der Waals surface area contributed by atoms with E-state index in [1.807, 2.05) is 65.0 Å². The molecule has 0 heterocycles. The van der Waals surface area contributed by atoms with Crippen molar-refractivity contribution in [3.05, 3.63) is 94.0 Å². The summed E-state index contributed by atoms with van der Waals surface area (Å²) in [5.41, 5.74) is 5.97. The normalized spacial score (nSPS) is 12.4. The van der Waals surface area contributed by atoms with Gasteiger partial charge in [0.15, 0.2) is 0 Å². The van der Waals surface area contributed by atoms with Crippen molar-refractivity contribution >= 4 is 15.9 Å². The van der Waals surface area contributed by atoms with Crippen LogP contribution in [0.1, 0.15) is 53.3 Å². The van der Waals surface area contributed by atoms with E-state index < -0.39 is 10.0 Å². The van der Waals surface area contributed by atoms with Gasteiger partial charge in [-0.2, -0.15) is 4.31 Å². The molecule has 3 aromatic carbocycles. The van der Waals surface area contributed by atoms with Crippen molar-refractivity contribution in [1.82, 2.24) is 9.62 Å². The third-order valence-corrected chi connectivity index (χ3v) is 8.12. The number of sulfonamides is 1. The van der Waals surface area contributed by atoms with E-state index in [1.54, 1.807) is 12.1 Å². The van der Waals surface area contributed by atoms with Gasteiger partial charge in [-0.05, 0) is 93.1 Å². The molecule has 0 aliphatic carbocycles. The summed E-state index contributed by atoms with van der Waals surface area (Å²) < 4.78 is 34.2. The Balaban J connectivity index is 1.87. The van der Waals surface area contributed by atoms with Crippen LogP contribution in [0, 0.1) is 27.7 Å². The zero-order chi connectivity index (χ0) is 26.5. The molecule has 1 atom stereocenters. The van der Waals surface area contributed by atoms with Crippen molar-refractivity contribution in [2.45, 2.75) is 59.0 Å². The number of rotatable bonds is 10. The Labute approximate surface area is 215 Å². The predicted molar refractivity (Wildman–Crippen MR) is 144 cm³/mol. The van der Waals surface area contributed by atoms with Crippen molar-refractivity contribution in [2.75, 3.05) is 13.2 Å². The average Bonchev–Trinajstić information content (AvgIpc) is 2.82. The molecule has 0 aliphatic rings. The molecule has 0 saturated carbocycles. The number of benzene rings is 3. The van der Waals surface area contributed by atoms with Crippen LogP contribution >= 0.6 is 0 Å². The maximum atomic E-state index is 13.7. The molecule has 3 rings (SSSR count). The summed E-state index contributed by atoms with van der Waals surface area (Å²) in [5, 5.41) is 3.00. The third-order valence-electron chi connectivity index (χ3n) is 6.33. The highest BCUT2D eigenvalue weighted by Gasteiger charge is 2.28. The fraction of sp³-hybridized carbons (Fsp3) is 0.345. The second-order valence-electron chi connectivity index (χ2n) is 9.20. The first-order chi connectivity index (χ1) is 17.0. The minimum absolute atomic E-state index is 0.0832. The van der Waals surface area contributed by atoms with Crippen LogP contribution in [0.4, 0.5) is 0 Å². The molecule has 0 aromatic heterocycles. The van der Waals surface area contributed by atoms with E-state index in [9.17, 15) is 13.2 Å². The van der Waals surface area contributed by atoms with Gasteiger partial charge >= 0.3 is 0 Å². The molecular formula is C29H36N2O4S. The summed E-state index contributed by atoms with van der Waals surface area (Å²) in [4.78, 5) is 13.3. The van der Waals surface area contributed by atoms with E-state index in [1.165, 1.54) is 15.9 Å². The molecule has 0 fully saturated rings. The molecule has 0 saturated heterocycles. The maximum absolute atomic E-state index is 13.7. The van der Waals surface area contributed by atoms with Crippen LogP contribution < -0.4 is 10.1 Å². The average molecular weight is 509 g/mol. The molecule has 3 aromatic rings. The molecule has 0 radical (unpaired) electrons. The quantitative estimate of drug-likeness (QED) is 0.399. The van der Waals surface area contributed by atoms with E-state index in [0.29, 0.717) is 12.4 Å². The lowest BCUT2D eigenvalue weighted by Gasteiger charge is -2.24. The van der Waals surface area contributed by atoms with Crippen molar-refractivity contribution in [3.8, 4) is 5.75 Å². The predicted octanol–water partition coefficient (Wildman–Crippen LogP) is 5.39. The number of nitrogens with zero attached hydrogens (tertiary/aromatic N) is 1. The summed E-state index contributed by atoms with van der Waals surface area (Å²) in [6, 6.07) is 18.0. The molecule has 1 N–H and O–H groups in total. The fourth-order valence-electron chi connectivity index (χ4n) is 4.24. The summed E-state index contributed by atoms with van der Waals surface area (Å²) in [7, 11) is -3.95. The number of hydrogen-bond acceptors (Lipinski definition) is 4. The Bertz CT molecular complexity index is 1320. The first-order valence-corrected chi connectivity index (χ1v) is 13.6. The minimum Gasteiger partial charge on any atom is -0.494 e. The number of amides is 1. The first kappa shape index (κ1) is 27.4. The highest BCUT2D eigenvalue weighted by Crippen LogP contribution is 2.26. The number of carbonyl (C=O) groups is 1. The van der Waals surface area contributed by atoms with E-state index in [4.69, 9.17) is 4.74 Å². The SMILES string of the molecule is CCOc1ccc(S(=O)(=O)N(CC(=O)N[C@@H](C)c2cc(C)c(C)cc2C)Cc2ccccc2)cc1C. The molecule has 0 unspecified atom stereocenters. The van der Waals surface area contributed by atoms with E-state index in [-0.39, 0.29) is 29.9 Å². The summed E-state index contributed by atoms with van der Waals surface area (Å²) in [6.07, 6.45) is 0. The molecule has 7 heteroatoms. The van der Waals surface area contributed by atoms with Gasteiger partial charge in [-0.1, -0.05) is 42.5 Å². The van der Waals surface area contributed by atoms with Crippen LogP contribution in [-0.4, -0.2) is 31.8 Å². The Morgan fingerprint density at radius 1 is 0.917 bits per heavy atom. The summed E-state index contributed by atoms with van der Waals surface area (Å²) in [6.45, 7) is 12.0. The Morgan fingerprint density at radius 3 is 2.22 bits per heavy atom. The van der Waals surface area contributed by atoms with Gasteiger partial charge in [-0.3, -0.25) is 4.79 Å². The summed E-state index contributed by atoms with van der Waals surface area (Å²) >= 11 is 0. The van der Waals surface area contributed by atoms with Crippen molar-refractivity contribution in [1.29, 1.82) is 0 Å². The number of ether oxygens (including phenoxy) is 1. The van der Waals surface area contributed by atoms with Crippen molar-refractivity contribution in [2.24, 2.45) is 0 Å². The lowest BCUT2D eigenvalue weighted by atomic mass is 9.96. The van der Waals surface area contributed by atoms with E-state index in [2.05, 4.69) is 24.4 Å². The highest BCUT2D eigenvalue weighted by atomic mass is 32.2. The highest BCUT2D eigenvalue weighted by molar-refractivity contribution is 7.89. The van der Waals surface area contributed by atoms with Gasteiger partial charge in [0, 0.05) is 6.54 Å². The van der Waals surface area contributed by atoms with Crippen LogP contribution in [0.2, 0.25) is 0 Å². The zero-order valence-electron chi connectivity index (χ0n) is 22.0. The maximum Gasteiger partial charge on any atom is 0.243 e. The van der Waals surface area contributed by atoms with Gasteiger partial charge in [0.1, 0.15) is 5.75 Å². The molecule has 6 nitrogen and oxygen atoms in total.